The SMILES string of the molecule is O=C(COC(=O)Cc1ccc(Cl)cc1)Nc1ccc(S(=O)(=O)N2CCCC2)cc1. The second-order valence-corrected chi connectivity index (χ2v) is 9.02. The van der Waals surface area contributed by atoms with E-state index in [-0.39, 0.29) is 11.3 Å². The second-order valence-electron chi connectivity index (χ2n) is 6.65. The van der Waals surface area contributed by atoms with Crippen molar-refractivity contribution in [2.24, 2.45) is 0 Å². The van der Waals surface area contributed by atoms with Gasteiger partial charge in [0, 0.05) is 23.8 Å². The predicted molar refractivity (Wildman–Crippen MR) is 109 cm³/mol. The number of anilines is 1. The summed E-state index contributed by atoms with van der Waals surface area (Å²) in [7, 11) is -3.49. The molecular formula is C20H21ClN2O5S. The summed E-state index contributed by atoms with van der Waals surface area (Å²) in [5.41, 5.74) is 1.15. The highest BCUT2D eigenvalue weighted by molar-refractivity contribution is 7.89. The number of nitrogens with one attached hydrogen (secondary N) is 1. The van der Waals surface area contributed by atoms with Crippen LogP contribution < -0.4 is 5.32 Å². The van der Waals surface area contributed by atoms with Gasteiger partial charge in [0.05, 0.1) is 11.3 Å². The van der Waals surface area contributed by atoms with E-state index in [1.807, 2.05) is 0 Å². The van der Waals surface area contributed by atoms with Crippen molar-refractivity contribution in [3.8, 4) is 0 Å². The molecule has 0 saturated carbocycles. The third-order valence-electron chi connectivity index (χ3n) is 4.47. The Labute approximate surface area is 174 Å². The van der Waals surface area contributed by atoms with Crippen LogP contribution in [0.3, 0.4) is 0 Å². The van der Waals surface area contributed by atoms with E-state index in [4.69, 9.17) is 16.3 Å². The van der Waals surface area contributed by atoms with Gasteiger partial charge in [-0.25, -0.2) is 8.42 Å². The Morgan fingerprint density at radius 2 is 1.62 bits per heavy atom. The Hall–Kier alpha value is -2.42. The van der Waals surface area contributed by atoms with Gasteiger partial charge in [-0.1, -0.05) is 23.7 Å². The van der Waals surface area contributed by atoms with Gasteiger partial charge < -0.3 is 10.1 Å². The molecule has 1 N–H and O–H groups in total. The Kier molecular flexibility index (Phi) is 6.89. The molecule has 7 nitrogen and oxygen atoms in total. The number of esters is 1. The number of carbonyl (C=O) groups is 2. The molecule has 0 aromatic heterocycles. The van der Waals surface area contributed by atoms with Crippen LogP contribution in [0.5, 0.6) is 0 Å². The van der Waals surface area contributed by atoms with Gasteiger partial charge in [0.2, 0.25) is 10.0 Å². The molecule has 0 bridgehead atoms. The van der Waals surface area contributed by atoms with Crippen LogP contribution in [0.25, 0.3) is 0 Å². The molecule has 0 spiro atoms. The lowest BCUT2D eigenvalue weighted by atomic mass is 10.1. The number of nitrogens with zero attached hydrogens (tertiary/aromatic N) is 1. The van der Waals surface area contributed by atoms with E-state index in [1.54, 1.807) is 24.3 Å². The molecule has 1 heterocycles. The van der Waals surface area contributed by atoms with Crippen LogP contribution in [0, 0.1) is 0 Å². The summed E-state index contributed by atoms with van der Waals surface area (Å²) >= 11 is 5.79. The first-order chi connectivity index (χ1) is 13.8. The van der Waals surface area contributed by atoms with Crippen molar-refractivity contribution in [2.45, 2.75) is 24.2 Å². The highest BCUT2D eigenvalue weighted by Crippen LogP contribution is 2.22. The Bertz CT molecular complexity index is 969. The molecule has 2 aromatic rings. The standard InChI is InChI=1S/C20H21ClN2O5S/c21-16-5-3-15(4-6-16)13-20(25)28-14-19(24)22-17-7-9-18(10-8-17)29(26,27)23-11-1-2-12-23/h3-10H,1-2,11-14H2,(H,22,24). The molecule has 0 atom stereocenters. The zero-order valence-electron chi connectivity index (χ0n) is 15.6. The fourth-order valence-corrected chi connectivity index (χ4v) is 4.59. The first-order valence-electron chi connectivity index (χ1n) is 9.15. The quantitative estimate of drug-likeness (QED) is 0.673. The second kappa shape index (κ2) is 9.39. The minimum atomic E-state index is -3.49. The van der Waals surface area contributed by atoms with Gasteiger partial charge in [0.25, 0.3) is 5.91 Å². The number of amides is 1. The minimum absolute atomic E-state index is 0.0352. The topological polar surface area (TPSA) is 92.8 Å². The molecule has 1 amide bonds. The lowest BCUT2D eigenvalue weighted by molar-refractivity contribution is -0.146. The Morgan fingerprint density at radius 1 is 1.00 bits per heavy atom. The number of hydrogen-bond donors (Lipinski definition) is 1. The van der Waals surface area contributed by atoms with Gasteiger partial charge in [-0.3, -0.25) is 9.59 Å². The van der Waals surface area contributed by atoms with E-state index in [2.05, 4.69) is 5.32 Å². The first kappa shape index (κ1) is 21.3. The number of hydrogen-bond acceptors (Lipinski definition) is 5. The minimum Gasteiger partial charge on any atom is -0.455 e. The van der Waals surface area contributed by atoms with Crippen molar-refractivity contribution >= 4 is 39.2 Å². The molecule has 1 aliphatic rings. The van der Waals surface area contributed by atoms with E-state index in [0.717, 1.165) is 18.4 Å². The molecule has 0 unspecified atom stereocenters. The van der Waals surface area contributed by atoms with Crippen molar-refractivity contribution in [3.05, 3.63) is 59.1 Å². The summed E-state index contributed by atoms with van der Waals surface area (Å²) in [5.74, 6) is -1.04. The number of carbonyl (C=O) groups excluding carboxylic acids is 2. The van der Waals surface area contributed by atoms with Gasteiger partial charge in [-0.2, -0.15) is 4.31 Å². The van der Waals surface area contributed by atoms with E-state index >= 15 is 0 Å². The van der Waals surface area contributed by atoms with Crippen molar-refractivity contribution in [2.75, 3.05) is 25.0 Å². The number of ether oxygens (including phenoxy) is 1. The van der Waals surface area contributed by atoms with Gasteiger partial charge in [0.1, 0.15) is 0 Å². The van der Waals surface area contributed by atoms with Crippen LogP contribution in [0.15, 0.2) is 53.4 Å². The van der Waals surface area contributed by atoms with Crippen LogP contribution in [0.1, 0.15) is 18.4 Å². The summed E-state index contributed by atoms with van der Waals surface area (Å²) in [6.07, 6.45) is 1.77. The fraction of sp³-hybridized carbons (Fsp3) is 0.300. The zero-order chi connectivity index (χ0) is 20.9. The maximum absolute atomic E-state index is 12.5. The van der Waals surface area contributed by atoms with Crippen LogP contribution in [0.4, 0.5) is 5.69 Å². The van der Waals surface area contributed by atoms with E-state index in [9.17, 15) is 18.0 Å². The van der Waals surface area contributed by atoms with Crippen LogP contribution in [-0.2, 0) is 30.8 Å². The fourth-order valence-electron chi connectivity index (χ4n) is 2.95. The molecule has 154 valence electrons. The van der Waals surface area contributed by atoms with Crippen molar-refractivity contribution in [1.82, 2.24) is 4.31 Å². The van der Waals surface area contributed by atoms with Crippen LogP contribution in [-0.4, -0.2) is 44.3 Å². The van der Waals surface area contributed by atoms with Crippen molar-refractivity contribution in [1.29, 1.82) is 0 Å². The van der Waals surface area contributed by atoms with Crippen molar-refractivity contribution < 1.29 is 22.7 Å². The van der Waals surface area contributed by atoms with Crippen molar-refractivity contribution in [3.63, 3.8) is 0 Å². The molecule has 2 aromatic carbocycles. The first-order valence-corrected chi connectivity index (χ1v) is 11.0. The number of benzene rings is 2. The maximum atomic E-state index is 12.5. The third-order valence-corrected chi connectivity index (χ3v) is 6.63. The summed E-state index contributed by atoms with van der Waals surface area (Å²) in [5, 5.41) is 3.14. The molecule has 29 heavy (non-hydrogen) atoms. The highest BCUT2D eigenvalue weighted by Gasteiger charge is 2.26. The average Bonchev–Trinajstić information content (AvgIpc) is 3.24. The largest absolute Gasteiger partial charge is 0.455 e. The van der Waals surface area contributed by atoms with Gasteiger partial charge in [-0.05, 0) is 54.8 Å². The predicted octanol–water partition coefficient (Wildman–Crippen LogP) is 2.85. The molecule has 1 saturated heterocycles. The molecule has 9 heteroatoms. The lowest BCUT2D eigenvalue weighted by Crippen LogP contribution is -2.27. The normalized spacial score (nSPS) is 14.5. The molecule has 0 aliphatic carbocycles. The Balaban J connectivity index is 1.49. The smallest absolute Gasteiger partial charge is 0.310 e. The summed E-state index contributed by atoms with van der Waals surface area (Å²) in [4.78, 5) is 24.0. The molecule has 3 rings (SSSR count). The molecule has 0 radical (unpaired) electrons. The summed E-state index contributed by atoms with van der Waals surface area (Å²) < 4.78 is 31.4. The van der Waals surface area contributed by atoms with E-state index < -0.39 is 28.5 Å². The molecule has 1 fully saturated rings. The summed E-state index contributed by atoms with van der Waals surface area (Å²) in [6.45, 7) is 0.630. The van der Waals surface area contributed by atoms with E-state index in [0.29, 0.717) is 23.8 Å². The van der Waals surface area contributed by atoms with Crippen LogP contribution in [0.2, 0.25) is 5.02 Å². The monoisotopic (exact) mass is 436 g/mol. The maximum Gasteiger partial charge on any atom is 0.310 e. The van der Waals surface area contributed by atoms with E-state index in [1.165, 1.54) is 28.6 Å². The third kappa shape index (κ3) is 5.79. The number of sulfonamides is 1. The zero-order valence-corrected chi connectivity index (χ0v) is 17.2. The lowest BCUT2D eigenvalue weighted by Gasteiger charge is -2.15. The number of halogens is 1. The summed E-state index contributed by atoms with van der Waals surface area (Å²) in [6, 6.07) is 12.7. The van der Waals surface area contributed by atoms with Gasteiger partial charge in [-0.15, -0.1) is 0 Å². The molecule has 1 aliphatic heterocycles. The molecular weight excluding hydrogens is 416 g/mol. The number of rotatable bonds is 7. The Morgan fingerprint density at radius 3 is 2.24 bits per heavy atom. The van der Waals surface area contributed by atoms with Gasteiger partial charge in [0.15, 0.2) is 6.61 Å². The van der Waals surface area contributed by atoms with Crippen LogP contribution >= 0.6 is 11.6 Å². The highest BCUT2D eigenvalue weighted by atomic mass is 35.5. The van der Waals surface area contributed by atoms with Gasteiger partial charge >= 0.3 is 5.97 Å². The average molecular weight is 437 g/mol.